The van der Waals surface area contributed by atoms with Gasteiger partial charge in [-0.25, -0.2) is 0 Å². The van der Waals surface area contributed by atoms with E-state index < -0.39 is 0 Å². The summed E-state index contributed by atoms with van der Waals surface area (Å²) in [6.45, 7) is 13.3. The first kappa shape index (κ1) is 19.4. The van der Waals surface area contributed by atoms with E-state index in [0.717, 1.165) is 5.92 Å². The molecular weight excluding hydrogens is 418 g/mol. The Kier molecular flexibility index (Phi) is 12.1. The van der Waals surface area contributed by atoms with Crippen LogP contribution in [0.25, 0.3) is 0 Å². The van der Waals surface area contributed by atoms with E-state index in [2.05, 4.69) is 48.0 Å². The monoisotopic (exact) mass is 448 g/mol. The second kappa shape index (κ2) is 10.0. The van der Waals surface area contributed by atoms with Gasteiger partial charge in [-0.05, 0) is 17.8 Å². The molecule has 94 valence electrons. The Bertz CT molecular complexity index is 135. The van der Waals surface area contributed by atoms with Crippen LogP contribution >= 0.6 is 0 Å². The molecule has 0 aromatic carbocycles. The van der Waals surface area contributed by atoms with Crippen LogP contribution < -0.4 is 0 Å². The second-order valence-electron chi connectivity index (χ2n) is 6.57. The second-order valence-corrected chi connectivity index (χ2v) is 6.57. The van der Waals surface area contributed by atoms with E-state index in [-0.39, 0.29) is 31.1 Å². The minimum Gasteiger partial charge on any atom is -0.328 e. The van der Waals surface area contributed by atoms with Gasteiger partial charge in [0.15, 0.2) is 0 Å². The van der Waals surface area contributed by atoms with Crippen molar-refractivity contribution in [2.24, 2.45) is 11.3 Å². The summed E-state index contributed by atoms with van der Waals surface area (Å²) in [6, 6.07) is 0. The molecule has 0 aliphatic heterocycles. The first-order valence-corrected chi connectivity index (χ1v) is 6.39. The predicted octanol–water partition coefficient (Wildman–Crippen LogP) is 5.44. The Balaban J connectivity index is 0. The Labute approximate surface area is 128 Å². The van der Waals surface area contributed by atoms with Gasteiger partial charge in [-0.2, -0.15) is 33.6 Å². The van der Waals surface area contributed by atoms with Gasteiger partial charge in [-0.3, -0.25) is 0 Å². The van der Waals surface area contributed by atoms with Gasteiger partial charge in [0.1, 0.15) is 0 Å². The maximum Gasteiger partial charge on any atom is 2.00 e. The van der Waals surface area contributed by atoms with Crippen molar-refractivity contribution in [1.82, 2.24) is 0 Å². The summed E-state index contributed by atoms with van der Waals surface area (Å²) in [4.78, 5) is 0. The van der Waals surface area contributed by atoms with Gasteiger partial charge in [-0.1, -0.05) is 33.6 Å². The van der Waals surface area contributed by atoms with Crippen molar-refractivity contribution >= 4 is 0 Å². The average molecular weight is 448 g/mol. The van der Waals surface area contributed by atoms with Crippen LogP contribution in [-0.4, -0.2) is 0 Å². The van der Waals surface area contributed by atoms with Crippen LogP contribution in [-0.2, 0) is 0 Å². The van der Waals surface area contributed by atoms with E-state index in [0.29, 0.717) is 5.41 Å². The van der Waals surface area contributed by atoms with Gasteiger partial charge < -0.3 is 12.3 Å². The van der Waals surface area contributed by atoms with Gasteiger partial charge in [0.25, 0.3) is 0 Å². The molecule has 0 unspecified atom stereocenters. The molecule has 1 fully saturated rings. The maximum absolute atomic E-state index is 2.44. The van der Waals surface area contributed by atoms with Crippen LogP contribution in [0.5, 0.6) is 0 Å². The summed E-state index contributed by atoms with van der Waals surface area (Å²) >= 11 is 0. The van der Waals surface area contributed by atoms with E-state index >= 15 is 0 Å². The zero-order chi connectivity index (χ0) is 11.9. The minimum absolute atomic E-state index is 0. The predicted molar refractivity (Wildman–Crippen MR) is 70.6 cm³/mol. The van der Waals surface area contributed by atoms with Crippen molar-refractivity contribution in [2.75, 3.05) is 0 Å². The van der Waals surface area contributed by atoms with Crippen molar-refractivity contribution in [3.63, 3.8) is 0 Å². The molecule has 0 aromatic heterocycles. The molecule has 1 rings (SSSR count). The third kappa shape index (κ3) is 15.1. The van der Waals surface area contributed by atoms with Crippen molar-refractivity contribution < 1.29 is 31.1 Å². The Morgan fingerprint density at radius 2 is 1.44 bits per heavy atom. The fourth-order valence-corrected chi connectivity index (χ4v) is 2.07. The molecule has 1 aliphatic rings. The third-order valence-electron chi connectivity index (χ3n) is 2.46. The first-order chi connectivity index (χ1) is 6.81. The minimum atomic E-state index is 0. The first-order valence-electron chi connectivity index (χ1n) is 6.39. The van der Waals surface area contributed by atoms with E-state index in [9.17, 15) is 0 Å². The molecule has 0 heterocycles. The van der Waals surface area contributed by atoms with Gasteiger partial charge in [0, 0.05) is 0 Å². The molecule has 0 nitrogen and oxygen atoms in total. The molecule has 1 saturated carbocycles. The molecule has 0 N–H and O–H groups in total. The molecule has 1 aliphatic carbocycles. The zero-order valence-corrected chi connectivity index (χ0v) is 16.4. The Hall–Kier alpha value is 1.05. The van der Waals surface area contributed by atoms with Crippen molar-refractivity contribution in [2.45, 2.75) is 73.6 Å². The molecule has 0 spiro atoms. The van der Waals surface area contributed by atoms with Gasteiger partial charge in [0.05, 0.1) is 0 Å². The van der Waals surface area contributed by atoms with Gasteiger partial charge >= 0.3 is 31.1 Å². The van der Waals surface area contributed by atoms with Crippen LogP contribution in [0.15, 0.2) is 0 Å². The van der Waals surface area contributed by atoms with Crippen molar-refractivity contribution in [3.05, 3.63) is 12.3 Å². The summed E-state index contributed by atoms with van der Waals surface area (Å²) in [6.07, 6.45) is 9.47. The summed E-state index contributed by atoms with van der Waals surface area (Å²) in [5.74, 6) is 2.43. The fraction of sp³-hybridized carbons (Fsp3) is 0.867. The maximum atomic E-state index is 2.44. The molecular formula is C15H30U. The Morgan fingerprint density at radius 3 is 1.75 bits per heavy atom. The van der Waals surface area contributed by atoms with E-state index in [4.69, 9.17) is 0 Å². The van der Waals surface area contributed by atoms with Gasteiger partial charge in [-0.15, -0.1) is 0 Å². The summed E-state index contributed by atoms with van der Waals surface area (Å²) in [5.41, 5.74) is 0.544. The summed E-state index contributed by atoms with van der Waals surface area (Å²) in [7, 11) is 0. The molecule has 16 heavy (non-hydrogen) atoms. The molecule has 0 saturated heterocycles. The molecule has 0 bridgehead atoms. The average Bonchev–Trinajstić information content (AvgIpc) is 2.01. The largest absolute Gasteiger partial charge is 2.00 e. The molecule has 1 heteroatoms. The standard InChI is InChI=1S/C11H21.C4H9.U/c1-11(2,3)9-10-7-5-4-6-8-10;1-4(2)3;/h4,10H,5-9H2,1-3H3;1-3H3;/q2*-1;+2. The van der Waals surface area contributed by atoms with Crippen LogP contribution in [0.3, 0.4) is 0 Å². The van der Waals surface area contributed by atoms with Crippen LogP contribution in [0.1, 0.15) is 73.6 Å². The fourth-order valence-electron chi connectivity index (χ4n) is 2.07. The third-order valence-corrected chi connectivity index (χ3v) is 2.46. The number of hydrogen-bond acceptors (Lipinski definition) is 0. The number of rotatable bonds is 1. The van der Waals surface area contributed by atoms with Crippen molar-refractivity contribution in [3.8, 4) is 0 Å². The molecule has 0 aromatic rings. The van der Waals surface area contributed by atoms with Crippen LogP contribution in [0, 0.1) is 54.8 Å². The summed E-state index contributed by atoms with van der Waals surface area (Å²) in [5, 5.41) is 0. The van der Waals surface area contributed by atoms with Crippen LogP contribution in [0.4, 0.5) is 0 Å². The normalized spacial score (nSPS) is 17.4. The Morgan fingerprint density at radius 1 is 1.06 bits per heavy atom. The quantitative estimate of drug-likeness (QED) is 0.469. The zero-order valence-electron chi connectivity index (χ0n) is 12.2. The smallest absolute Gasteiger partial charge is 0.328 e. The van der Waals surface area contributed by atoms with E-state index in [1.165, 1.54) is 38.0 Å². The molecule has 0 amide bonds. The van der Waals surface area contributed by atoms with E-state index in [1.54, 1.807) is 0 Å². The summed E-state index contributed by atoms with van der Waals surface area (Å²) < 4.78 is 0. The van der Waals surface area contributed by atoms with Crippen molar-refractivity contribution in [1.29, 1.82) is 0 Å². The molecule has 0 atom stereocenters. The van der Waals surface area contributed by atoms with Gasteiger partial charge in [0.2, 0.25) is 0 Å². The SMILES string of the molecule is CC(C)(C)CC1CC[CH-]CC1.C[C-](C)C.[U+2]. The van der Waals surface area contributed by atoms with Crippen LogP contribution in [0.2, 0.25) is 0 Å². The number of hydrogen-bond donors (Lipinski definition) is 0. The topological polar surface area (TPSA) is 0 Å². The molecule has 0 radical (unpaired) electrons. The van der Waals surface area contributed by atoms with E-state index in [1.807, 2.05) is 0 Å².